The van der Waals surface area contributed by atoms with Crippen molar-refractivity contribution in [2.24, 2.45) is 0 Å². The molecule has 3 aliphatic rings. The summed E-state index contributed by atoms with van der Waals surface area (Å²) in [6.07, 6.45) is 0. The molecule has 29 heavy (non-hydrogen) atoms. The van der Waals surface area contributed by atoms with Gasteiger partial charge in [0.25, 0.3) is 0 Å². The van der Waals surface area contributed by atoms with Gasteiger partial charge in [0.15, 0.2) is 0 Å². The highest BCUT2D eigenvalue weighted by molar-refractivity contribution is 7.20. The molecule has 1 atom stereocenters. The zero-order chi connectivity index (χ0) is 19.4. The molecule has 4 aromatic carbocycles. The van der Waals surface area contributed by atoms with Crippen molar-refractivity contribution < 1.29 is 0 Å². The molecule has 1 unspecified atom stereocenters. The van der Waals surface area contributed by atoms with E-state index in [1.54, 1.807) is 0 Å². The second-order valence-electron chi connectivity index (χ2n) is 7.94. The molecule has 0 aromatic heterocycles. The van der Waals surface area contributed by atoms with Crippen molar-refractivity contribution in [2.45, 2.75) is 11.1 Å². The highest BCUT2D eigenvalue weighted by atomic mass is 31.0. The molecular weight excluding hydrogens is 367 g/mol. The van der Waals surface area contributed by atoms with E-state index in [9.17, 15) is 0 Å². The highest BCUT2D eigenvalue weighted by Crippen LogP contribution is 2.66. The molecule has 0 saturated carbocycles. The van der Waals surface area contributed by atoms with Crippen molar-refractivity contribution in [1.29, 1.82) is 0 Å². The van der Waals surface area contributed by atoms with E-state index in [0.29, 0.717) is 0 Å². The monoisotopic (exact) mass is 388 g/mol. The maximum Gasteiger partial charge on any atom is 0.0606 e. The molecular formula is C28H21P. The molecule has 138 valence electrons. The van der Waals surface area contributed by atoms with Crippen molar-refractivity contribution >= 4 is 20.4 Å². The Morgan fingerprint density at radius 3 is 1.52 bits per heavy atom. The largest absolute Gasteiger partial charge is 0.117 e. The van der Waals surface area contributed by atoms with Crippen LogP contribution in [0.15, 0.2) is 109 Å². The topological polar surface area (TPSA) is 0 Å². The van der Waals surface area contributed by atoms with Crippen molar-refractivity contribution in [3.05, 3.63) is 143 Å². The van der Waals surface area contributed by atoms with Crippen LogP contribution >= 0.6 is 9.24 Å². The van der Waals surface area contributed by atoms with Crippen LogP contribution in [0.2, 0.25) is 0 Å². The Hall–Kier alpha value is -2.95. The predicted octanol–water partition coefficient (Wildman–Crippen LogP) is 6.88. The van der Waals surface area contributed by atoms with Crippen LogP contribution in [0, 0.1) is 0 Å². The first-order valence-electron chi connectivity index (χ1n) is 10.1. The first kappa shape index (κ1) is 17.0. The molecule has 0 saturated heterocycles. The summed E-state index contributed by atoms with van der Waals surface area (Å²) in [5.41, 5.74) is 11.1. The van der Waals surface area contributed by atoms with Crippen LogP contribution < -0.4 is 0 Å². The molecule has 7 rings (SSSR count). The van der Waals surface area contributed by atoms with Crippen LogP contribution in [-0.2, 0) is 5.16 Å². The van der Waals surface area contributed by atoms with E-state index >= 15 is 0 Å². The summed E-state index contributed by atoms with van der Waals surface area (Å²) in [7, 11) is 3.26. The summed E-state index contributed by atoms with van der Waals surface area (Å²) in [6.45, 7) is 0. The lowest BCUT2D eigenvalue weighted by molar-refractivity contribution is 0.800. The molecule has 0 nitrogen and oxygen atoms in total. The Balaban J connectivity index is 1.80. The second kappa shape index (κ2) is 6.28. The Labute approximate surface area is 174 Å². The zero-order valence-electron chi connectivity index (χ0n) is 16.0. The maximum atomic E-state index is 3.26. The highest BCUT2D eigenvalue weighted by Gasteiger charge is 2.50. The van der Waals surface area contributed by atoms with Gasteiger partial charge in [0.05, 0.1) is 5.16 Å². The molecule has 0 fully saturated rings. The van der Waals surface area contributed by atoms with Gasteiger partial charge in [-0.2, -0.15) is 0 Å². The minimum absolute atomic E-state index is 0.252. The zero-order valence-corrected chi connectivity index (χ0v) is 17.2. The number of benzene rings is 4. The van der Waals surface area contributed by atoms with Crippen molar-refractivity contribution in [1.82, 2.24) is 0 Å². The molecule has 2 bridgehead atoms. The van der Waals surface area contributed by atoms with Gasteiger partial charge in [0, 0.05) is 5.92 Å². The fourth-order valence-electron chi connectivity index (χ4n) is 5.38. The van der Waals surface area contributed by atoms with Gasteiger partial charge >= 0.3 is 0 Å². The average molecular weight is 388 g/mol. The van der Waals surface area contributed by atoms with Crippen LogP contribution in [0.25, 0.3) is 11.1 Å². The van der Waals surface area contributed by atoms with Crippen LogP contribution in [-0.4, -0.2) is 0 Å². The molecule has 3 aliphatic carbocycles. The van der Waals surface area contributed by atoms with Crippen LogP contribution in [0.5, 0.6) is 0 Å². The third kappa shape index (κ3) is 2.24. The van der Waals surface area contributed by atoms with Crippen LogP contribution in [0.4, 0.5) is 0 Å². The number of rotatable bonds is 2. The van der Waals surface area contributed by atoms with Crippen LogP contribution in [0.1, 0.15) is 39.3 Å². The maximum absolute atomic E-state index is 3.26. The van der Waals surface area contributed by atoms with Crippen molar-refractivity contribution in [3.63, 3.8) is 0 Å². The smallest absolute Gasteiger partial charge is 0.0606 e. The van der Waals surface area contributed by atoms with Gasteiger partial charge in [-0.25, -0.2) is 0 Å². The normalized spacial score (nSPS) is 21.6. The Morgan fingerprint density at radius 2 is 0.966 bits per heavy atom. The van der Waals surface area contributed by atoms with E-state index < -0.39 is 0 Å². The first-order chi connectivity index (χ1) is 14.3. The molecule has 1 heteroatoms. The second-order valence-corrected chi connectivity index (χ2v) is 8.80. The standard InChI is InChI=1S/C28H21P/c29-28-23-17-9-7-15-21(23)26(22-16-8-10-18-24(22)28)25(19-11-3-1-4-12-19)27(28)20-13-5-2-6-14-20/h1-18,26H,29H2. The molecule has 0 spiro atoms. The van der Waals surface area contributed by atoms with E-state index in [4.69, 9.17) is 0 Å². The fraction of sp³-hybridized carbons (Fsp3) is 0.0714. The Morgan fingerprint density at radius 1 is 0.517 bits per heavy atom. The molecule has 0 aliphatic heterocycles. The molecule has 0 amide bonds. The first-order valence-corrected chi connectivity index (χ1v) is 10.7. The molecule has 4 aromatic rings. The van der Waals surface area contributed by atoms with Crippen molar-refractivity contribution in [3.8, 4) is 0 Å². The number of allylic oxidation sites excluding steroid dienone is 2. The van der Waals surface area contributed by atoms with Gasteiger partial charge in [-0.05, 0) is 44.5 Å². The fourth-order valence-corrected chi connectivity index (χ4v) is 6.23. The quantitative estimate of drug-likeness (QED) is 0.329. The summed E-state index contributed by atoms with van der Waals surface area (Å²) in [4.78, 5) is 0. The van der Waals surface area contributed by atoms with E-state index in [0.717, 1.165) is 0 Å². The van der Waals surface area contributed by atoms with Gasteiger partial charge in [-0.3, -0.25) is 0 Å². The molecule has 0 heterocycles. The Bertz CT molecular complexity index is 1200. The lowest BCUT2D eigenvalue weighted by Crippen LogP contribution is -2.37. The summed E-state index contributed by atoms with van der Waals surface area (Å²) in [6, 6.07) is 39.8. The van der Waals surface area contributed by atoms with E-state index in [1.165, 1.54) is 44.5 Å². The van der Waals surface area contributed by atoms with Gasteiger partial charge in [0.2, 0.25) is 0 Å². The van der Waals surface area contributed by atoms with Gasteiger partial charge in [-0.15, -0.1) is 9.24 Å². The average Bonchev–Trinajstić information content (AvgIpc) is 2.80. The SMILES string of the molecule is PC12C(c3ccccc3)=C(c3ccccc3)C(c3ccccc31)c1ccccc12. The third-order valence-corrected chi connectivity index (χ3v) is 7.40. The van der Waals surface area contributed by atoms with Crippen LogP contribution in [0.3, 0.4) is 0 Å². The van der Waals surface area contributed by atoms with Gasteiger partial charge < -0.3 is 0 Å². The molecule has 0 radical (unpaired) electrons. The minimum Gasteiger partial charge on any atom is -0.117 e. The lowest BCUT2D eigenvalue weighted by atomic mass is 9.58. The lowest BCUT2D eigenvalue weighted by Gasteiger charge is -2.50. The summed E-state index contributed by atoms with van der Waals surface area (Å²) >= 11 is 0. The van der Waals surface area contributed by atoms with Gasteiger partial charge in [-0.1, -0.05) is 109 Å². The van der Waals surface area contributed by atoms with E-state index in [-0.39, 0.29) is 11.1 Å². The molecule has 0 N–H and O–H groups in total. The van der Waals surface area contributed by atoms with E-state index in [1.807, 2.05) is 0 Å². The summed E-state index contributed by atoms with van der Waals surface area (Å²) < 4.78 is 0. The summed E-state index contributed by atoms with van der Waals surface area (Å²) in [5.74, 6) is 0.252. The predicted molar refractivity (Wildman–Crippen MR) is 125 cm³/mol. The van der Waals surface area contributed by atoms with Gasteiger partial charge in [0.1, 0.15) is 0 Å². The summed E-state index contributed by atoms with van der Waals surface area (Å²) in [5, 5.41) is -0.255. The number of hydrogen-bond donors (Lipinski definition) is 0. The Kier molecular flexibility index (Phi) is 3.67. The van der Waals surface area contributed by atoms with Crippen molar-refractivity contribution in [2.75, 3.05) is 0 Å². The minimum atomic E-state index is -0.255. The third-order valence-electron chi connectivity index (χ3n) is 6.49. The number of hydrogen-bond acceptors (Lipinski definition) is 0. The van der Waals surface area contributed by atoms with E-state index in [2.05, 4.69) is 118 Å².